The molecule has 1 rings (SSSR count). The Morgan fingerprint density at radius 1 is 1.18 bits per heavy atom. The van der Waals surface area contributed by atoms with Gasteiger partial charge in [-0.25, -0.2) is 0 Å². The maximum absolute atomic E-state index is 12.2. The Hall–Kier alpha value is -0.740. The monoisotopic (exact) mass is 182 g/mol. The third-order valence-electron chi connectivity index (χ3n) is 0.873. The number of nitrogens with zero attached hydrogens (tertiary/aromatic N) is 1. The summed E-state index contributed by atoms with van der Waals surface area (Å²) in [6.45, 7) is 0. The summed E-state index contributed by atoms with van der Waals surface area (Å²) in [4.78, 5) is 3.49. The first-order valence-electron chi connectivity index (χ1n) is 2.47. The second kappa shape index (κ2) is 4.98. The fourth-order valence-electron chi connectivity index (χ4n) is 0.469. The molecule has 0 bridgehead atoms. The van der Waals surface area contributed by atoms with E-state index in [1.54, 1.807) is 0 Å². The van der Waals surface area contributed by atoms with Gasteiger partial charge in [-0.1, -0.05) is 0 Å². The topological polar surface area (TPSA) is 47.4 Å². The third-order valence-corrected chi connectivity index (χ3v) is 0.873. The summed E-state index contributed by atoms with van der Waals surface area (Å²) in [7, 11) is 0. The van der Waals surface area contributed by atoms with Crippen molar-refractivity contribution in [3.63, 3.8) is 0 Å². The fraction of sp³-hybridized carbons (Fsp3) is 0.167. The molecule has 0 unspecified atom stereocenters. The van der Waals surface area contributed by atoms with Gasteiger partial charge in [-0.15, -0.1) is 12.4 Å². The summed E-state index contributed by atoms with van der Waals surface area (Å²) < 4.78 is 24.4. The normalized spacial score (nSPS) is 18.0. The Balaban J connectivity index is 0. The first-order chi connectivity index (χ1) is 4.21. The van der Waals surface area contributed by atoms with Crippen LogP contribution in [-0.4, -0.2) is 12.1 Å². The molecule has 0 fully saturated rings. The highest BCUT2D eigenvalue weighted by Crippen LogP contribution is 2.17. The number of rotatable bonds is 0. The predicted octanol–water partition coefficient (Wildman–Crippen LogP) is 2.36. The van der Waals surface area contributed by atoms with Gasteiger partial charge < -0.3 is 6.15 Å². The van der Waals surface area contributed by atoms with E-state index in [0.29, 0.717) is 0 Å². The van der Waals surface area contributed by atoms with Gasteiger partial charge in [0.05, 0.1) is 0 Å². The van der Waals surface area contributed by atoms with Crippen molar-refractivity contribution in [1.29, 1.82) is 0 Å². The van der Waals surface area contributed by atoms with Crippen LogP contribution < -0.4 is 6.15 Å². The molecule has 64 valence electrons. The summed E-state index contributed by atoms with van der Waals surface area (Å²) in [5.41, 5.74) is 0. The zero-order valence-corrected chi connectivity index (χ0v) is 6.52. The Morgan fingerprint density at radius 3 is 2.45 bits per heavy atom. The summed E-state index contributed by atoms with van der Waals surface area (Å²) in [6, 6.07) is 0. The molecule has 2 nitrogen and oxygen atoms in total. The van der Waals surface area contributed by atoms with Gasteiger partial charge in [-0.3, -0.25) is 4.99 Å². The molecule has 1 aliphatic heterocycles. The van der Waals surface area contributed by atoms with Crippen molar-refractivity contribution in [2.45, 2.75) is 5.92 Å². The summed E-state index contributed by atoms with van der Waals surface area (Å²) >= 11 is 0. The van der Waals surface area contributed by atoms with Gasteiger partial charge in [0.1, 0.15) is 0 Å². The van der Waals surface area contributed by atoms with Gasteiger partial charge in [0, 0.05) is 18.5 Å². The summed E-state index contributed by atoms with van der Waals surface area (Å²) in [5.74, 6) is -2.82. The molecular formula is C6H9ClF2N2. The molecule has 0 spiro atoms. The van der Waals surface area contributed by atoms with Crippen molar-refractivity contribution in [2.24, 2.45) is 4.99 Å². The smallest absolute Gasteiger partial charge is 0.287 e. The molecule has 0 aliphatic carbocycles. The Labute approximate surface area is 69.7 Å². The summed E-state index contributed by atoms with van der Waals surface area (Å²) in [6.07, 6.45) is 5.16. The van der Waals surface area contributed by atoms with Crippen molar-refractivity contribution in [3.8, 4) is 0 Å². The van der Waals surface area contributed by atoms with Crippen LogP contribution in [0.4, 0.5) is 8.78 Å². The van der Waals surface area contributed by atoms with E-state index in [9.17, 15) is 8.78 Å². The lowest BCUT2D eigenvalue weighted by atomic mass is 10.3. The van der Waals surface area contributed by atoms with E-state index in [-0.39, 0.29) is 18.6 Å². The fourth-order valence-corrected chi connectivity index (χ4v) is 0.469. The molecule has 1 aliphatic rings. The molecule has 0 aromatic rings. The van der Waals surface area contributed by atoms with E-state index in [2.05, 4.69) is 4.99 Å². The van der Waals surface area contributed by atoms with Crippen molar-refractivity contribution >= 4 is 18.6 Å². The highest BCUT2D eigenvalue weighted by atomic mass is 35.5. The average molecular weight is 183 g/mol. The van der Waals surface area contributed by atoms with Gasteiger partial charge in [-0.2, -0.15) is 8.78 Å². The van der Waals surface area contributed by atoms with Gasteiger partial charge in [0.2, 0.25) is 0 Å². The highest BCUT2D eigenvalue weighted by molar-refractivity contribution is 5.85. The number of hydrogen-bond acceptors (Lipinski definition) is 2. The number of alkyl halides is 2. The molecule has 0 amide bonds. The van der Waals surface area contributed by atoms with Crippen LogP contribution in [0.15, 0.2) is 29.4 Å². The average Bonchev–Trinajstić information content (AvgIpc) is 1.92. The molecule has 0 radical (unpaired) electrons. The van der Waals surface area contributed by atoms with Crippen LogP contribution >= 0.6 is 12.4 Å². The van der Waals surface area contributed by atoms with Gasteiger partial charge in [0.15, 0.2) is 0 Å². The van der Waals surface area contributed by atoms with Gasteiger partial charge in [-0.05, 0) is 12.2 Å². The Bertz CT molecular complexity index is 169. The van der Waals surface area contributed by atoms with E-state index in [4.69, 9.17) is 0 Å². The molecule has 0 saturated heterocycles. The first-order valence-corrected chi connectivity index (χ1v) is 2.47. The lowest BCUT2D eigenvalue weighted by molar-refractivity contribution is 0.111. The maximum Gasteiger partial charge on any atom is 0.287 e. The number of allylic oxidation sites excluding steroid dienone is 3. The van der Waals surface area contributed by atoms with E-state index in [1.165, 1.54) is 12.3 Å². The van der Waals surface area contributed by atoms with Crippen LogP contribution in [0.3, 0.4) is 0 Å². The third kappa shape index (κ3) is 4.64. The zero-order valence-electron chi connectivity index (χ0n) is 5.71. The zero-order chi connectivity index (χ0) is 6.74. The Morgan fingerprint density at radius 2 is 1.82 bits per heavy atom. The molecule has 5 heteroatoms. The van der Waals surface area contributed by atoms with E-state index < -0.39 is 5.92 Å². The minimum atomic E-state index is -2.82. The standard InChI is InChI=1S/C6H5F2N.ClH.H3N/c7-6(8)2-1-4-9-5-3-6;;/h1-5H;1H;1H3. The van der Waals surface area contributed by atoms with Crippen LogP contribution in [0.2, 0.25) is 0 Å². The van der Waals surface area contributed by atoms with Gasteiger partial charge >= 0.3 is 0 Å². The lowest BCUT2D eigenvalue weighted by Crippen LogP contribution is -2.05. The molecule has 11 heavy (non-hydrogen) atoms. The molecule has 0 atom stereocenters. The van der Waals surface area contributed by atoms with Crippen molar-refractivity contribution in [1.82, 2.24) is 6.15 Å². The summed E-state index contributed by atoms with van der Waals surface area (Å²) in [5, 5.41) is 0. The van der Waals surface area contributed by atoms with Crippen molar-refractivity contribution in [3.05, 3.63) is 24.4 Å². The van der Waals surface area contributed by atoms with Crippen LogP contribution in [0.5, 0.6) is 0 Å². The molecule has 0 saturated carbocycles. The maximum atomic E-state index is 12.2. The molecule has 0 aromatic heterocycles. The minimum Gasteiger partial charge on any atom is -0.344 e. The van der Waals surface area contributed by atoms with Crippen molar-refractivity contribution < 1.29 is 8.78 Å². The number of halogens is 3. The lowest BCUT2D eigenvalue weighted by Gasteiger charge is -2.00. The van der Waals surface area contributed by atoms with Crippen LogP contribution in [0.25, 0.3) is 0 Å². The van der Waals surface area contributed by atoms with Crippen LogP contribution in [-0.2, 0) is 0 Å². The molecule has 1 heterocycles. The largest absolute Gasteiger partial charge is 0.344 e. The highest BCUT2D eigenvalue weighted by Gasteiger charge is 2.19. The number of aliphatic imine (C=N–C) groups is 1. The molecule has 3 N–H and O–H groups in total. The van der Waals surface area contributed by atoms with E-state index in [1.807, 2.05) is 0 Å². The minimum absolute atomic E-state index is 0. The second-order valence-corrected chi connectivity index (χ2v) is 1.65. The molecule has 0 aromatic carbocycles. The Kier molecular flexibility index (Phi) is 5.84. The quantitative estimate of drug-likeness (QED) is 0.614. The van der Waals surface area contributed by atoms with Crippen molar-refractivity contribution in [2.75, 3.05) is 0 Å². The van der Waals surface area contributed by atoms with Crippen LogP contribution in [0, 0.1) is 0 Å². The van der Waals surface area contributed by atoms with Crippen LogP contribution in [0.1, 0.15) is 0 Å². The predicted molar refractivity (Wildman–Crippen MR) is 44.0 cm³/mol. The molecular weight excluding hydrogens is 174 g/mol. The first kappa shape index (κ1) is 12.9. The second-order valence-electron chi connectivity index (χ2n) is 1.65. The van der Waals surface area contributed by atoms with Gasteiger partial charge in [0.25, 0.3) is 5.92 Å². The number of hydrogen-bond donors (Lipinski definition) is 1. The van der Waals surface area contributed by atoms with E-state index >= 15 is 0 Å². The SMILES string of the molecule is Cl.FC1(F)C=CC=NC=C1.N. The van der Waals surface area contributed by atoms with E-state index in [0.717, 1.165) is 18.4 Å².